The van der Waals surface area contributed by atoms with Gasteiger partial charge in [-0.15, -0.1) is 5.10 Å². The SMILES string of the molecule is CC(C)(C)n1cc(C(=O)Nc2cc(-c3cc(N4CCOCC4)c4nccn4c3)c(C(F)(F)F)cn2)c(F)n1. The Morgan fingerprint density at radius 3 is 2.47 bits per heavy atom. The van der Waals surface area contributed by atoms with Crippen molar-refractivity contribution in [2.45, 2.75) is 32.5 Å². The average Bonchev–Trinajstić information content (AvgIpc) is 3.50. The van der Waals surface area contributed by atoms with Crippen molar-refractivity contribution in [3.63, 3.8) is 0 Å². The molecule has 1 amide bonds. The van der Waals surface area contributed by atoms with Gasteiger partial charge in [-0.1, -0.05) is 0 Å². The molecule has 0 bridgehead atoms. The normalized spacial score (nSPS) is 14.8. The second-order valence-corrected chi connectivity index (χ2v) is 9.89. The van der Waals surface area contributed by atoms with Gasteiger partial charge in [0.2, 0.25) is 5.95 Å². The Bertz CT molecular complexity index is 1500. The quantitative estimate of drug-likeness (QED) is 0.388. The molecular weight excluding hydrogens is 506 g/mol. The highest BCUT2D eigenvalue weighted by molar-refractivity contribution is 6.04. The van der Waals surface area contributed by atoms with Crippen LogP contribution in [0.1, 0.15) is 36.7 Å². The van der Waals surface area contributed by atoms with Crippen molar-refractivity contribution in [1.29, 1.82) is 0 Å². The highest BCUT2D eigenvalue weighted by atomic mass is 19.4. The molecule has 4 aromatic rings. The Balaban J connectivity index is 1.56. The molecule has 5 rings (SSSR count). The molecule has 0 aromatic carbocycles. The van der Waals surface area contributed by atoms with Gasteiger partial charge in [0.1, 0.15) is 11.4 Å². The molecule has 1 fully saturated rings. The number of carbonyl (C=O) groups is 1. The van der Waals surface area contributed by atoms with E-state index in [0.717, 1.165) is 6.07 Å². The monoisotopic (exact) mass is 531 g/mol. The zero-order chi connectivity index (χ0) is 27.2. The maximum atomic E-state index is 14.4. The summed E-state index contributed by atoms with van der Waals surface area (Å²) in [5, 5.41) is 6.14. The lowest BCUT2D eigenvalue weighted by atomic mass is 10.0. The molecule has 0 aliphatic carbocycles. The summed E-state index contributed by atoms with van der Waals surface area (Å²) in [5.74, 6) is -2.04. The van der Waals surface area contributed by atoms with E-state index in [1.54, 1.807) is 43.6 Å². The Hall–Kier alpha value is -4.00. The fourth-order valence-electron chi connectivity index (χ4n) is 4.22. The number of morpholine rings is 1. The summed E-state index contributed by atoms with van der Waals surface area (Å²) in [7, 11) is 0. The molecule has 0 radical (unpaired) electrons. The lowest BCUT2D eigenvalue weighted by molar-refractivity contribution is -0.137. The van der Waals surface area contributed by atoms with Crippen molar-refractivity contribution in [3.8, 4) is 11.1 Å². The van der Waals surface area contributed by atoms with Gasteiger partial charge >= 0.3 is 6.18 Å². The number of imidazole rings is 1. The van der Waals surface area contributed by atoms with Crippen molar-refractivity contribution in [1.82, 2.24) is 24.1 Å². The Morgan fingerprint density at radius 1 is 1.08 bits per heavy atom. The lowest BCUT2D eigenvalue weighted by Crippen LogP contribution is -2.36. The number of alkyl halides is 3. The molecule has 0 spiro atoms. The molecule has 13 heteroatoms. The number of hydrogen-bond acceptors (Lipinski definition) is 6. The molecule has 1 saturated heterocycles. The van der Waals surface area contributed by atoms with Gasteiger partial charge in [0, 0.05) is 55.2 Å². The first kappa shape index (κ1) is 25.6. The number of hydrogen-bond donors (Lipinski definition) is 1. The predicted molar refractivity (Wildman–Crippen MR) is 132 cm³/mol. The van der Waals surface area contributed by atoms with Crippen LogP contribution in [0, 0.1) is 5.95 Å². The van der Waals surface area contributed by atoms with E-state index in [1.165, 1.54) is 17.1 Å². The van der Waals surface area contributed by atoms with Gasteiger partial charge in [-0.2, -0.15) is 17.6 Å². The molecule has 5 heterocycles. The minimum absolute atomic E-state index is 0.167. The zero-order valence-electron chi connectivity index (χ0n) is 20.9. The maximum Gasteiger partial charge on any atom is 0.418 e. The van der Waals surface area contributed by atoms with Crippen LogP contribution in [-0.4, -0.2) is 56.4 Å². The van der Waals surface area contributed by atoms with Crippen molar-refractivity contribution < 1.29 is 27.1 Å². The molecule has 200 valence electrons. The van der Waals surface area contributed by atoms with Crippen molar-refractivity contribution >= 4 is 23.1 Å². The summed E-state index contributed by atoms with van der Waals surface area (Å²) in [6.07, 6.45) is 1.95. The smallest absolute Gasteiger partial charge is 0.378 e. The van der Waals surface area contributed by atoms with Gasteiger partial charge < -0.3 is 19.4 Å². The number of aromatic nitrogens is 5. The van der Waals surface area contributed by atoms with E-state index in [1.807, 2.05) is 4.90 Å². The summed E-state index contributed by atoms with van der Waals surface area (Å²) in [6, 6.07) is 2.77. The molecule has 38 heavy (non-hydrogen) atoms. The summed E-state index contributed by atoms with van der Waals surface area (Å²) < 4.78 is 64.9. The largest absolute Gasteiger partial charge is 0.418 e. The molecule has 4 aromatic heterocycles. The van der Waals surface area contributed by atoms with E-state index in [4.69, 9.17) is 4.74 Å². The molecule has 1 aliphatic heterocycles. The number of halogens is 4. The van der Waals surface area contributed by atoms with Crippen LogP contribution in [0.5, 0.6) is 0 Å². The second-order valence-electron chi connectivity index (χ2n) is 9.89. The average molecular weight is 532 g/mol. The molecule has 1 aliphatic rings. The highest BCUT2D eigenvalue weighted by Crippen LogP contribution is 2.39. The lowest BCUT2D eigenvalue weighted by Gasteiger charge is -2.29. The van der Waals surface area contributed by atoms with E-state index in [9.17, 15) is 22.4 Å². The van der Waals surface area contributed by atoms with Crippen LogP contribution < -0.4 is 10.2 Å². The first-order valence-electron chi connectivity index (χ1n) is 11.9. The Kier molecular flexibility index (Phi) is 6.33. The van der Waals surface area contributed by atoms with E-state index >= 15 is 0 Å². The van der Waals surface area contributed by atoms with Crippen LogP contribution in [0.25, 0.3) is 16.8 Å². The van der Waals surface area contributed by atoms with Crippen molar-refractivity contribution in [3.05, 3.63) is 60.2 Å². The zero-order valence-corrected chi connectivity index (χ0v) is 20.9. The van der Waals surface area contributed by atoms with Gasteiger partial charge in [0.05, 0.1) is 30.0 Å². The Morgan fingerprint density at radius 2 is 1.82 bits per heavy atom. The number of carbonyl (C=O) groups excluding carboxylic acids is 1. The Labute approximate surface area is 215 Å². The number of pyridine rings is 2. The minimum atomic E-state index is -4.71. The van der Waals surface area contributed by atoms with Crippen LogP contribution in [0.4, 0.5) is 29.1 Å². The van der Waals surface area contributed by atoms with Crippen LogP contribution in [0.2, 0.25) is 0 Å². The van der Waals surface area contributed by atoms with Gasteiger partial charge in [-0.05, 0) is 32.9 Å². The third-order valence-corrected chi connectivity index (χ3v) is 6.18. The summed E-state index contributed by atoms with van der Waals surface area (Å²) in [6.45, 7) is 7.44. The molecule has 0 unspecified atom stereocenters. The molecular formula is C25H25F4N7O2. The summed E-state index contributed by atoms with van der Waals surface area (Å²) in [4.78, 5) is 23.0. The van der Waals surface area contributed by atoms with E-state index < -0.39 is 29.1 Å². The third kappa shape index (κ3) is 4.93. The molecule has 0 atom stereocenters. The maximum absolute atomic E-state index is 14.4. The minimum Gasteiger partial charge on any atom is -0.378 e. The number of rotatable bonds is 4. The fraction of sp³-hybridized carbons (Fsp3) is 0.360. The van der Waals surface area contributed by atoms with Crippen LogP contribution in [0.15, 0.2) is 43.1 Å². The second kappa shape index (κ2) is 9.39. The predicted octanol–water partition coefficient (Wildman–Crippen LogP) is 4.59. The van der Waals surface area contributed by atoms with Crippen molar-refractivity contribution in [2.75, 3.05) is 36.5 Å². The topological polar surface area (TPSA) is 89.6 Å². The number of nitrogens with zero attached hydrogens (tertiary/aromatic N) is 6. The van der Waals surface area contributed by atoms with E-state index in [2.05, 4.69) is 20.4 Å². The van der Waals surface area contributed by atoms with Crippen LogP contribution in [-0.2, 0) is 16.5 Å². The summed E-state index contributed by atoms with van der Waals surface area (Å²) >= 11 is 0. The van der Waals surface area contributed by atoms with E-state index in [-0.39, 0.29) is 22.5 Å². The van der Waals surface area contributed by atoms with Crippen LogP contribution >= 0.6 is 0 Å². The number of nitrogens with one attached hydrogen (secondary N) is 1. The molecule has 9 nitrogen and oxygen atoms in total. The van der Waals surface area contributed by atoms with Gasteiger partial charge in [0.15, 0.2) is 5.65 Å². The number of ether oxygens (including phenoxy) is 1. The van der Waals surface area contributed by atoms with Crippen molar-refractivity contribution in [2.24, 2.45) is 0 Å². The van der Waals surface area contributed by atoms with Gasteiger partial charge in [-0.25, -0.2) is 9.97 Å². The standard InChI is InChI=1S/C25H25F4N7O2/c1-24(2,3)36-14-17(21(26)33-36)23(37)32-20-11-16(18(12-31-20)25(27,28)29)15-10-19(34-6-8-38-9-7-34)22-30-4-5-35(22)13-15/h4-5,10-14H,6-9H2,1-3H3,(H,31,32,37). The molecule has 0 saturated carbocycles. The van der Waals surface area contributed by atoms with Gasteiger partial charge in [-0.3, -0.25) is 9.48 Å². The van der Waals surface area contributed by atoms with Crippen LogP contribution in [0.3, 0.4) is 0 Å². The van der Waals surface area contributed by atoms with E-state index in [0.29, 0.717) is 43.8 Å². The number of amides is 1. The molecule has 1 N–H and O–H groups in total. The highest BCUT2D eigenvalue weighted by Gasteiger charge is 2.35. The number of anilines is 2. The first-order chi connectivity index (χ1) is 17.9. The first-order valence-corrected chi connectivity index (χ1v) is 11.9. The summed E-state index contributed by atoms with van der Waals surface area (Å²) in [5.41, 5.74) is -0.607. The van der Waals surface area contributed by atoms with Gasteiger partial charge in [0.25, 0.3) is 5.91 Å². The number of fused-ring (bicyclic) bond motifs is 1. The fourth-order valence-corrected chi connectivity index (χ4v) is 4.22. The third-order valence-electron chi connectivity index (χ3n) is 6.18.